The summed E-state index contributed by atoms with van der Waals surface area (Å²) in [6, 6.07) is 27.9. The molecule has 3 rings (SSSR count). The summed E-state index contributed by atoms with van der Waals surface area (Å²) in [5.74, 6) is 0.129. The van der Waals surface area contributed by atoms with E-state index in [1.54, 1.807) is 0 Å². The summed E-state index contributed by atoms with van der Waals surface area (Å²) in [7, 11) is 0. The maximum Gasteiger partial charge on any atom is 0.224 e. The molecule has 0 fully saturated rings. The molecule has 0 saturated heterocycles. The van der Waals surface area contributed by atoms with Crippen LogP contribution in [0.3, 0.4) is 0 Å². The molecule has 0 spiro atoms. The Kier molecular flexibility index (Phi) is 5.86. The van der Waals surface area contributed by atoms with Crippen molar-refractivity contribution in [2.75, 3.05) is 6.54 Å². The fourth-order valence-corrected chi connectivity index (χ4v) is 3.12. The quantitative estimate of drug-likeness (QED) is 0.678. The first kappa shape index (κ1) is 17.2. The second-order valence-electron chi connectivity index (χ2n) is 5.98. The van der Waals surface area contributed by atoms with Gasteiger partial charge in [0.05, 0.1) is 6.42 Å². The van der Waals surface area contributed by atoms with Crippen molar-refractivity contribution in [3.63, 3.8) is 0 Å². The molecule has 3 aromatic carbocycles. The molecule has 0 aliphatic rings. The van der Waals surface area contributed by atoms with Gasteiger partial charge >= 0.3 is 0 Å². The van der Waals surface area contributed by atoms with Crippen molar-refractivity contribution in [2.24, 2.45) is 0 Å². The minimum atomic E-state index is -0.000807. The van der Waals surface area contributed by atoms with E-state index < -0.39 is 0 Å². The molecule has 0 heterocycles. The first-order valence-electron chi connectivity index (χ1n) is 8.33. The molecule has 0 saturated carbocycles. The number of rotatable bonds is 6. The Balaban J connectivity index is 1.70. The van der Waals surface area contributed by atoms with Crippen LogP contribution in [0, 0.1) is 0 Å². The largest absolute Gasteiger partial charge is 0.355 e. The minimum Gasteiger partial charge on any atom is -0.355 e. The zero-order valence-corrected chi connectivity index (χ0v) is 14.6. The summed E-state index contributed by atoms with van der Waals surface area (Å²) in [4.78, 5) is 12.3. The van der Waals surface area contributed by atoms with E-state index in [1.165, 1.54) is 11.1 Å². The van der Waals surface area contributed by atoms with Gasteiger partial charge in [-0.3, -0.25) is 4.79 Å². The molecule has 3 aromatic rings. The minimum absolute atomic E-state index is 0.000807. The Bertz CT molecular complexity index is 778. The van der Waals surface area contributed by atoms with Crippen LogP contribution in [0.2, 0.25) is 5.02 Å². The first-order valence-corrected chi connectivity index (χ1v) is 8.71. The molecule has 126 valence electrons. The number of nitrogens with one attached hydrogen (secondary N) is 1. The van der Waals surface area contributed by atoms with Gasteiger partial charge in [-0.15, -0.1) is 0 Å². The Morgan fingerprint density at radius 3 is 2.00 bits per heavy atom. The maximum atomic E-state index is 12.3. The molecule has 0 bridgehead atoms. The predicted octanol–water partition coefficient (Wildman–Crippen LogP) is 4.83. The monoisotopic (exact) mass is 349 g/mol. The number of carbonyl (C=O) groups excluding carboxylic acids is 1. The zero-order valence-electron chi connectivity index (χ0n) is 13.9. The van der Waals surface area contributed by atoms with Crippen molar-refractivity contribution in [1.29, 1.82) is 0 Å². The summed E-state index contributed by atoms with van der Waals surface area (Å²) in [6.45, 7) is 0.563. The standard InChI is InChI=1S/C22H20ClNO/c23-20-13-7-8-17(14-20)15-22(25)24-16-21(18-9-3-1-4-10-18)19-11-5-2-6-12-19/h1-14,21H,15-16H2,(H,24,25). The molecule has 0 atom stereocenters. The molecule has 3 heteroatoms. The Labute approximate surface area is 153 Å². The summed E-state index contributed by atoms with van der Waals surface area (Å²) in [5, 5.41) is 3.72. The summed E-state index contributed by atoms with van der Waals surface area (Å²) in [6.07, 6.45) is 0.330. The van der Waals surface area contributed by atoms with Gasteiger partial charge in [-0.1, -0.05) is 84.4 Å². The highest BCUT2D eigenvalue weighted by Gasteiger charge is 2.15. The van der Waals surface area contributed by atoms with Gasteiger partial charge in [-0.25, -0.2) is 0 Å². The molecule has 0 aliphatic carbocycles. The van der Waals surface area contributed by atoms with Crippen LogP contribution in [0.4, 0.5) is 0 Å². The van der Waals surface area contributed by atoms with E-state index in [9.17, 15) is 4.79 Å². The van der Waals surface area contributed by atoms with Crippen molar-refractivity contribution in [3.05, 3.63) is 107 Å². The van der Waals surface area contributed by atoms with Crippen LogP contribution in [0.5, 0.6) is 0 Å². The lowest BCUT2D eigenvalue weighted by Crippen LogP contribution is -2.30. The molecule has 2 nitrogen and oxygen atoms in total. The van der Waals surface area contributed by atoms with Gasteiger partial charge in [-0.05, 0) is 28.8 Å². The molecule has 1 amide bonds. The predicted molar refractivity (Wildman–Crippen MR) is 103 cm³/mol. The van der Waals surface area contributed by atoms with Crippen molar-refractivity contribution in [1.82, 2.24) is 5.32 Å². The van der Waals surface area contributed by atoms with E-state index >= 15 is 0 Å². The Hall–Kier alpha value is -2.58. The van der Waals surface area contributed by atoms with Crippen molar-refractivity contribution >= 4 is 17.5 Å². The molecule has 0 unspecified atom stereocenters. The van der Waals surface area contributed by atoms with Crippen LogP contribution < -0.4 is 5.32 Å². The third kappa shape index (κ3) is 4.94. The lowest BCUT2D eigenvalue weighted by atomic mass is 9.91. The molecule has 0 aliphatic heterocycles. The smallest absolute Gasteiger partial charge is 0.224 e. The number of halogens is 1. The lowest BCUT2D eigenvalue weighted by molar-refractivity contribution is -0.120. The van der Waals surface area contributed by atoms with Crippen LogP contribution in [0.1, 0.15) is 22.6 Å². The zero-order chi connectivity index (χ0) is 17.5. The third-order valence-corrected chi connectivity index (χ3v) is 4.40. The van der Waals surface area contributed by atoms with Gasteiger partial charge < -0.3 is 5.32 Å². The molecular weight excluding hydrogens is 330 g/mol. The molecule has 1 N–H and O–H groups in total. The summed E-state index contributed by atoms with van der Waals surface area (Å²) < 4.78 is 0. The van der Waals surface area contributed by atoms with E-state index in [0.29, 0.717) is 18.0 Å². The van der Waals surface area contributed by atoms with Gasteiger partial charge in [0.2, 0.25) is 5.91 Å². The maximum absolute atomic E-state index is 12.3. The average molecular weight is 350 g/mol. The van der Waals surface area contributed by atoms with Gasteiger partial charge in [0.25, 0.3) is 0 Å². The number of benzene rings is 3. The van der Waals surface area contributed by atoms with E-state index in [0.717, 1.165) is 5.56 Å². The highest BCUT2D eigenvalue weighted by Crippen LogP contribution is 2.23. The Morgan fingerprint density at radius 2 is 1.44 bits per heavy atom. The fourth-order valence-electron chi connectivity index (χ4n) is 2.91. The molecule has 0 aromatic heterocycles. The third-order valence-electron chi connectivity index (χ3n) is 4.16. The molecular formula is C22H20ClNO. The summed E-state index contributed by atoms with van der Waals surface area (Å²) in [5.41, 5.74) is 3.30. The van der Waals surface area contributed by atoms with Gasteiger partial charge in [-0.2, -0.15) is 0 Å². The lowest BCUT2D eigenvalue weighted by Gasteiger charge is -2.19. The number of amides is 1. The number of carbonyl (C=O) groups is 1. The van der Waals surface area contributed by atoms with Crippen LogP contribution in [-0.2, 0) is 11.2 Å². The van der Waals surface area contributed by atoms with Gasteiger partial charge in [0, 0.05) is 17.5 Å². The van der Waals surface area contributed by atoms with E-state index in [4.69, 9.17) is 11.6 Å². The second-order valence-corrected chi connectivity index (χ2v) is 6.42. The highest BCUT2D eigenvalue weighted by molar-refractivity contribution is 6.30. The first-order chi connectivity index (χ1) is 12.2. The summed E-state index contributed by atoms with van der Waals surface area (Å²) >= 11 is 5.98. The van der Waals surface area contributed by atoms with Crippen molar-refractivity contribution < 1.29 is 4.79 Å². The van der Waals surface area contributed by atoms with Gasteiger partial charge in [0.1, 0.15) is 0 Å². The van der Waals surface area contributed by atoms with Crippen LogP contribution in [-0.4, -0.2) is 12.5 Å². The molecule has 0 radical (unpaired) electrons. The van der Waals surface area contributed by atoms with E-state index in [2.05, 4.69) is 29.6 Å². The SMILES string of the molecule is O=C(Cc1cccc(Cl)c1)NCC(c1ccccc1)c1ccccc1. The number of hydrogen-bond acceptors (Lipinski definition) is 1. The normalized spacial score (nSPS) is 10.6. The van der Waals surface area contributed by atoms with E-state index in [-0.39, 0.29) is 11.8 Å². The van der Waals surface area contributed by atoms with Crippen LogP contribution >= 0.6 is 11.6 Å². The van der Waals surface area contributed by atoms with E-state index in [1.807, 2.05) is 60.7 Å². The van der Waals surface area contributed by atoms with Crippen molar-refractivity contribution in [3.8, 4) is 0 Å². The topological polar surface area (TPSA) is 29.1 Å². The van der Waals surface area contributed by atoms with Crippen molar-refractivity contribution in [2.45, 2.75) is 12.3 Å². The van der Waals surface area contributed by atoms with Gasteiger partial charge in [0.15, 0.2) is 0 Å². The van der Waals surface area contributed by atoms with Crippen LogP contribution in [0.15, 0.2) is 84.9 Å². The highest BCUT2D eigenvalue weighted by atomic mass is 35.5. The number of hydrogen-bond donors (Lipinski definition) is 1. The van der Waals surface area contributed by atoms with Crippen LogP contribution in [0.25, 0.3) is 0 Å². The molecule has 25 heavy (non-hydrogen) atoms. The average Bonchev–Trinajstić information content (AvgIpc) is 2.64. The second kappa shape index (κ2) is 8.50. The Morgan fingerprint density at radius 1 is 0.840 bits per heavy atom. The fraction of sp³-hybridized carbons (Fsp3) is 0.136.